The smallest absolute Gasteiger partial charge is 0.330 e. The van der Waals surface area contributed by atoms with Crippen LogP contribution in [-0.4, -0.2) is 22.8 Å². The molecule has 26 heavy (non-hydrogen) atoms. The lowest BCUT2D eigenvalue weighted by Crippen LogP contribution is -2.46. The van der Waals surface area contributed by atoms with Gasteiger partial charge in [0, 0.05) is 11.8 Å². The van der Waals surface area contributed by atoms with Gasteiger partial charge >= 0.3 is 5.97 Å². The monoisotopic (exact) mass is 363 g/mol. The van der Waals surface area contributed by atoms with Gasteiger partial charge in [-0.05, 0) is 38.5 Å². The highest BCUT2D eigenvalue weighted by Gasteiger charge is 2.38. The fourth-order valence-electron chi connectivity index (χ4n) is 4.73. The second-order valence-corrected chi connectivity index (χ2v) is 8.39. The van der Waals surface area contributed by atoms with E-state index in [-0.39, 0.29) is 35.5 Å². The zero-order valence-corrected chi connectivity index (χ0v) is 15.9. The van der Waals surface area contributed by atoms with Gasteiger partial charge < -0.3 is 4.84 Å². The van der Waals surface area contributed by atoms with E-state index in [2.05, 4.69) is 0 Å². The molecule has 3 rings (SSSR count). The molecule has 3 fully saturated rings. The molecule has 0 N–H and O–H groups in total. The third-order valence-electron chi connectivity index (χ3n) is 6.43. The van der Waals surface area contributed by atoms with Crippen molar-refractivity contribution in [1.82, 2.24) is 5.06 Å². The number of hydrogen-bond acceptors (Lipinski definition) is 4. The Morgan fingerprint density at radius 1 is 0.538 bits per heavy atom. The molecule has 3 aliphatic rings. The second-order valence-electron chi connectivity index (χ2n) is 8.39. The van der Waals surface area contributed by atoms with Crippen molar-refractivity contribution in [2.24, 2.45) is 17.8 Å². The Balaban J connectivity index is 1.70. The third-order valence-corrected chi connectivity index (χ3v) is 6.43. The number of imide groups is 1. The highest BCUT2D eigenvalue weighted by molar-refractivity contribution is 5.97. The molecule has 3 aliphatic carbocycles. The van der Waals surface area contributed by atoms with Gasteiger partial charge in [0.25, 0.3) is 11.8 Å². The Bertz CT molecular complexity index is 470. The van der Waals surface area contributed by atoms with Gasteiger partial charge in [0.05, 0.1) is 5.92 Å². The summed E-state index contributed by atoms with van der Waals surface area (Å²) in [4.78, 5) is 44.2. The summed E-state index contributed by atoms with van der Waals surface area (Å²) in [6, 6.07) is 0. The van der Waals surface area contributed by atoms with Crippen LogP contribution in [0, 0.1) is 17.8 Å². The number of hydrogen-bond donors (Lipinski definition) is 0. The van der Waals surface area contributed by atoms with E-state index in [1.54, 1.807) is 0 Å². The van der Waals surface area contributed by atoms with E-state index in [0.29, 0.717) is 0 Å². The average Bonchev–Trinajstić information content (AvgIpc) is 2.73. The molecule has 0 aromatic rings. The average molecular weight is 363 g/mol. The summed E-state index contributed by atoms with van der Waals surface area (Å²) >= 11 is 0. The number of carbonyl (C=O) groups excluding carboxylic acids is 3. The summed E-state index contributed by atoms with van der Waals surface area (Å²) in [6.45, 7) is 0. The topological polar surface area (TPSA) is 63.7 Å². The van der Waals surface area contributed by atoms with Crippen molar-refractivity contribution in [3.8, 4) is 0 Å². The molecular formula is C21H33NO4. The van der Waals surface area contributed by atoms with Crippen LogP contribution in [0.1, 0.15) is 96.3 Å². The minimum atomic E-state index is -0.377. The van der Waals surface area contributed by atoms with E-state index in [4.69, 9.17) is 4.84 Å². The summed E-state index contributed by atoms with van der Waals surface area (Å²) in [5.41, 5.74) is 0. The normalized spacial score (nSPS) is 23.4. The molecule has 0 aliphatic heterocycles. The third kappa shape index (κ3) is 4.86. The fraction of sp³-hybridized carbons (Fsp3) is 0.857. The molecule has 5 nitrogen and oxygen atoms in total. The Hall–Kier alpha value is -1.39. The number of nitrogens with zero attached hydrogens (tertiary/aromatic N) is 1. The van der Waals surface area contributed by atoms with E-state index in [1.807, 2.05) is 0 Å². The molecule has 2 amide bonds. The quantitative estimate of drug-likeness (QED) is 0.545. The molecule has 0 atom stereocenters. The van der Waals surface area contributed by atoms with Crippen LogP contribution in [0.5, 0.6) is 0 Å². The van der Waals surface area contributed by atoms with Gasteiger partial charge in [0.15, 0.2) is 0 Å². The van der Waals surface area contributed by atoms with Crippen LogP contribution >= 0.6 is 0 Å². The zero-order valence-electron chi connectivity index (χ0n) is 15.9. The molecule has 0 aromatic carbocycles. The molecule has 3 saturated carbocycles. The molecule has 0 aromatic heterocycles. The van der Waals surface area contributed by atoms with E-state index in [0.717, 1.165) is 101 Å². The highest BCUT2D eigenvalue weighted by atomic mass is 16.7. The molecule has 0 unspecified atom stereocenters. The van der Waals surface area contributed by atoms with Gasteiger partial charge in [0.2, 0.25) is 0 Å². The van der Waals surface area contributed by atoms with Crippen LogP contribution in [0.4, 0.5) is 0 Å². The largest absolute Gasteiger partial charge is 0.336 e. The first-order chi connectivity index (χ1) is 12.7. The van der Waals surface area contributed by atoms with Gasteiger partial charge in [0.1, 0.15) is 0 Å². The lowest BCUT2D eigenvalue weighted by molar-refractivity contribution is -0.211. The van der Waals surface area contributed by atoms with Crippen molar-refractivity contribution in [2.45, 2.75) is 96.3 Å². The van der Waals surface area contributed by atoms with Crippen LogP contribution < -0.4 is 0 Å². The number of carbonyl (C=O) groups is 3. The van der Waals surface area contributed by atoms with Crippen LogP contribution in [0.3, 0.4) is 0 Å². The standard InChI is InChI=1S/C21H33NO4/c23-19(16-10-4-1-5-11-16)22(20(24)17-12-6-2-7-13-17)26-21(25)18-14-8-3-9-15-18/h16-18H,1-15H2. The minimum Gasteiger partial charge on any atom is -0.330 e. The van der Waals surface area contributed by atoms with Crippen LogP contribution in [0.15, 0.2) is 0 Å². The van der Waals surface area contributed by atoms with Gasteiger partial charge in [-0.2, -0.15) is 0 Å². The van der Waals surface area contributed by atoms with E-state index < -0.39 is 0 Å². The maximum absolute atomic E-state index is 13.0. The van der Waals surface area contributed by atoms with Gasteiger partial charge in [-0.15, -0.1) is 5.06 Å². The Morgan fingerprint density at radius 3 is 1.27 bits per heavy atom. The molecule has 0 radical (unpaired) electrons. The molecule has 0 heterocycles. The van der Waals surface area contributed by atoms with Gasteiger partial charge in [-0.3, -0.25) is 9.59 Å². The first-order valence-corrected chi connectivity index (χ1v) is 10.8. The number of hydroxylamine groups is 2. The summed E-state index contributed by atoms with van der Waals surface area (Å²) < 4.78 is 0. The fourth-order valence-corrected chi connectivity index (χ4v) is 4.73. The first-order valence-electron chi connectivity index (χ1n) is 10.8. The minimum absolute atomic E-state index is 0.162. The maximum Gasteiger partial charge on any atom is 0.336 e. The first kappa shape index (κ1) is 19.4. The second kappa shape index (κ2) is 9.52. The lowest BCUT2D eigenvalue weighted by Gasteiger charge is -2.31. The van der Waals surface area contributed by atoms with Crippen LogP contribution in [-0.2, 0) is 19.2 Å². The Labute approximate surface area is 156 Å². The molecular weight excluding hydrogens is 330 g/mol. The Kier molecular flexibility index (Phi) is 7.09. The number of amides is 2. The van der Waals surface area contributed by atoms with Crippen molar-refractivity contribution < 1.29 is 19.2 Å². The van der Waals surface area contributed by atoms with Gasteiger partial charge in [-0.1, -0.05) is 57.8 Å². The summed E-state index contributed by atoms with van der Waals surface area (Å²) in [6.07, 6.45) is 14.3. The SMILES string of the molecule is O=C(ON(C(=O)C1CCCCC1)C(=O)C1CCCCC1)C1CCCCC1. The van der Waals surface area contributed by atoms with Crippen molar-refractivity contribution >= 4 is 17.8 Å². The molecule has 146 valence electrons. The van der Waals surface area contributed by atoms with Crippen LogP contribution in [0.2, 0.25) is 0 Å². The molecule has 5 heteroatoms. The maximum atomic E-state index is 13.0. The van der Waals surface area contributed by atoms with Crippen LogP contribution in [0.25, 0.3) is 0 Å². The predicted octanol–water partition coefficient (Wildman–Crippen LogP) is 4.54. The summed E-state index contributed by atoms with van der Waals surface area (Å²) in [5.74, 6) is -1.43. The van der Waals surface area contributed by atoms with Gasteiger partial charge in [-0.25, -0.2) is 4.79 Å². The summed E-state index contributed by atoms with van der Waals surface area (Å²) in [7, 11) is 0. The highest BCUT2D eigenvalue weighted by Crippen LogP contribution is 2.31. The van der Waals surface area contributed by atoms with Crippen molar-refractivity contribution in [2.75, 3.05) is 0 Å². The van der Waals surface area contributed by atoms with Crippen molar-refractivity contribution in [3.05, 3.63) is 0 Å². The van der Waals surface area contributed by atoms with Crippen molar-refractivity contribution in [1.29, 1.82) is 0 Å². The molecule has 0 bridgehead atoms. The number of rotatable bonds is 3. The molecule has 0 saturated heterocycles. The summed E-state index contributed by atoms with van der Waals surface area (Å²) in [5, 5.41) is 0.906. The van der Waals surface area contributed by atoms with E-state index in [9.17, 15) is 14.4 Å². The predicted molar refractivity (Wildman–Crippen MR) is 97.7 cm³/mol. The van der Waals surface area contributed by atoms with E-state index in [1.165, 1.54) is 0 Å². The Morgan fingerprint density at radius 2 is 0.885 bits per heavy atom. The van der Waals surface area contributed by atoms with Crippen molar-refractivity contribution in [3.63, 3.8) is 0 Å². The van der Waals surface area contributed by atoms with E-state index >= 15 is 0 Å². The zero-order chi connectivity index (χ0) is 18.4. The lowest BCUT2D eigenvalue weighted by atomic mass is 9.86. The molecule has 0 spiro atoms.